The van der Waals surface area contributed by atoms with Crippen LogP contribution in [0.3, 0.4) is 0 Å². The van der Waals surface area contributed by atoms with Crippen LogP contribution in [0.25, 0.3) is 0 Å². The van der Waals surface area contributed by atoms with E-state index < -0.39 is 27.4 Å². The zero-order valence-corrected chi connectivity index (χ0v) is 22.6. The van der Waals surface area contributed by atoms with Crippen molar-refractivity contribution in [2.75, 3.05) is 19.0 Å². The van der Waals surface area contributed by atoms with E-state index in [1.54, 1.807) is 49.4 Å². The lowest BCUT2D eigenvalue weighted by atomic mass is 9.90. The van der Waals surface area contributed by atoms with Gasteiger partial charge >= 0.3 is 0 Å². The van der Waals surface area contributed by atoms with Crippen molar-refractivity contribution in [2.45, 2.75) is 42.8 Å². The standard InChI is InChI=1S/C29H33N3O6S/c1-22-29(17-20-39(35,36)26-11-6-3-7-12-26,28(34)32-30-21-23-9-4-2-5-10-23)31-27(38-22)24-13-15-25(16-14-24)37-19-8-18-33/h2-7,9-16,22,30,33H,8,17-21H2,1H3,(H,32,34)/t22-,29-/m0/s1. The molecule has 9 nitrogen and oxygen atoms in total. The molecule has 206 valence electrons. The van der Waals surface area contributed by atoms with Crippen molar-refractivity contribution in [2.24, 2.45) is 4.99 Å². The number of carbonyl (C=O) groups excluding carboxylic acids is 1. The van der Waals surface area contributed by atoms with Crippen molar-refractivity contribution in [3.8, 4) is 5.75 Å². The average molecular weight is 552 g/mol. The van der Waals surface area contributed by atoms with Gasteiger partial charge in [-0.05, 0) is 55.3 Å². The number of aliphatic imine (C=N–C) groups is 1. The molecule has 0 radical (unpaired) electrons. The van der Waals surface area contributed by atoms with Gasteiger partial charge < -0.3 is 14.6 Å². The molecular weight excluding hydrogens is 518 g/mol. The highest BCUT2D eigenvalue weighted by Crippen LogP contribution is 2.33. The van der Waals surface area contributed by atoms with Crippen LogP contribution in [0.15, 0.2) is 94.8 Å². The fraction of sp³-hybridized carbons (Fsp3) is 0.310. The number of ether oxygens (including phenoxy) is 2. The molecule has 0 aromatic heterocycles. The van der Waals surface area contributed by atoms with Crippen LogP contribution in [0.5, 0.6) is 5.75 Å². The maximum Gasteiger partial charge on any atom is 0.266 e. The Hall–Kier alpha value is -3.73. The Balaban J connectivity index is 1.56. The molecule has 1 aliphatic heterocycles. The van der Waals surface area contributed by atoms with Crippen molar-refractivity contribution in [1.82, 2.24) is 10.9 Å². The number of aliphatic hydroxyl groups excluding tert-OH is 1. The van der Waals surface area contributed by atoms with Gasteiger partial charge in [0.05, 0.1) is 17.3 Å². The molecule has 0 saturated carbocycles. The Labute approximate surface area is 228 Å². The van der Waals surface area contributed by atoms with Crippen LogP contribution >= 0.6 is 0 Å². The zero-order chi connectivity index (χ0) is 27.7. The molecule has 10 heteroatoms. The van der Waals surface area contributed by atoms with Gasteiger partial charge in [0.1, 0.15) is 11.9 Å². The topological polar surface area (TPSA) is 126 Å². The second-order valence-electron chi connectivity index (χ2n) is 9.23. The molecule has 0 aliphatic carbocycles. The highest BCUT2D eigenvalue weighted by molar-refractivity contribution is 7.91. The van der Waals surface area contributed by atoms with Gasteiger partial charge in [-0.1, -0.05) is 48.5 Å². The quantitative estimate of drug-likeness (QED) is 0.220. The summed E-state index contributed by atoms with van der Waals surface area (Å²) in [4.78, 5) is 18.5. The number of nitrogens with one attached hydrogen (secondary N) is 2. The number of benzene rings is 3. The maximum atomic E-state index is 13.6. The number of nitrogens with zero attached hydrogens (tertiary/aromatic N) is 1. The van der Waals surface area contributed by atoms with Crippen molar-refractivity contribution >= 4 is 21.6 Å². The smallest absolute Gasteiger partial charge is 0.266 e. The predicted molar refractivity (Wildman–Crippen MR) is 148 cm³/mol. The lowest BCUT2D eigenvalue weighted by Gasteiger charge is -2.28. The first-order valence-electron chi connectivity index (χ1n) is 12.8. The Kier molecular flexibility index (Phi) is 9.34. The number of aliphatic hydroxyl groups is 1. The maximum absolute atomic E-state index is 13.6. The van der Waals surface area contributed by atoms with E-state index in [9.17, 15) is 13.2 Å². The van der Waals surface area contributed by atoms with Crippen LogP contribution in [0.1, 0.15) is 30.9 Å². The summed E-state index contributed by atoms with van der Waals surface area (Å²) >= 11 is 0. The lowest BCUT2D eigenvalue weighted by Crippen LogP contribution is -2.55. The molecule has 1 heterocycles. The van der Waals surface area contributed by atoms with E-state index >= 15 is 0 Å². The molecular formula is C29H33N3O6S. The molecule has 4 rings (SSSR count). The molecule has 2 atom stereocenters. The van der Waals surface area contributed by atoms with E-state index in [1.807, 2.05) is 30.3 Å². The Morgan fingerprint density at radius 3 is 2.36 bits per heavy atom. The molecule has 1 amide bonds. The highest BCUT2D eigenvalue weighted by Gasteiger charge is 2.50. The molecule has 3 aromatic rings. The monoisotopic (exact) mass is 551 g/mol. The Morgan fingerprint density at radius 1 is 1.03 bits per heavy atom. The number of carbonyl (C=O) groups is 1. The van der Waals surface area contributed by atoms with Crippen LogP contribution in [0, 0.1) is 0 Å². The lowest BCUT2D eigenvalue weighted by molar-refractivity contribution is -0.129. The van der Waals surface area contributed by atoms with Crippen LogP contribution in [0.2, 0.25) is 0 Å². The minimum atomic E-state index is -3.66. The number of hydrazine groups is 1. The number of amides is 1. The summed E-state index contributed by atoms with van der Waals surface area (Å²) in [6, 6.07) is 24.8. The van der Waals surface area contributed by atoms with Crippen LogP contribution in [-0.4, -0.2) is 55.9 Å². The van der Waals surface area contributed by atoms with Crippen molar-refractivity contribution in [1.29, 1.82) is 0 Å². The van der Waals surface area contributed by atoms with E-state index in [0.29, 0.717) is 30.9 Å². The van der Waals surface area contributed by atoms with Gasteiger partial charge in [-0.2, -0.15) is 0 Å². The molecule has 0 unspecified atom stereocenters. The fourth-order valence-corrected chi connectivity index (χ4v) is 5.61. The molecule has 39 heavy (non-hydrogen) atoms. The summed E-state index contributed by atoms with van der Waals surface area (Å²) in [6.45, 7) is 2.54. The van der Waals surface area contributed by atoms with Gasteiger partial charge in [-0.25, -0.2) is 18.8 Å². The normalized spacial score (nSPS) is 18.7. The van der Waals surface area contributed by atoms with E-state index in [4.69, 9.17) is 19.6 Å². The number of hydrogen-bond donors (Lipinski definition) is 3. The number of sulfone groups is 1. The third-order valence-corrected chi connectivity index (χ3v) is 8.25. The summed E-state index contributed by atoms with van der Waals surface area (Å²) in [5.74, 6) is 0.111. The largest absolute Gasteiger partial charge is 0.494 e. The minimum Gasteiger partial charge on any atom is -0.494 e. The first-order valence-corrected chi connectivity index (χ1v) is 14.4. The fourth-order valence-electron chi connectivity index (χ4n) is 4.22. The summed E-state index contributed by atoms with van der Waals surface area (Å²) in [6.07, 6.45) is -0.273. The molecule has 3 aromatic carbocycles. The molecule has 3 N–H and O–H groups in total. The average Bonchev–Trinajstić information content (AvgIpc) is 3.30. The van der Waals surface area contributed by atoms with Gasteiger partial charge in [0.2, 0.25) is 5.90 Å². The SMILES string of the molecule is C[C@@H]1OC(c2ccc(OCCCO)cc2)=N[C@]1(CCS(=O)(=O)c1ccccc1)C(=O)NNCc1ccccc1. The van der Waals surface area contributed by atoms with Crippen molar-refractivity contribution in [3.63, 3.8) is 0 Å². The molecule has 0 spiro atoms. The third kappa shape index (κ3) is 7.03. The molecule has 0 fully saturated rings. The molecule has 1 aliphatic rings. The first-order chi connectivity index (χ1) is 18.8. The summed E-state index contributed by atoms with van der Waals surface area (Å²) in [5.41, 5.74) is 5.78. The van der Waals surface area contributed by atoms with E-state index in [-0.39, 0.29) is 29.6 Å². The van der Waals surface area contributed by atoms with Gasteiger partial charge in [0.15, 0.2) is 15.4 Å². The van der Waals surface area contributed by atoms with Crippen LogP contribution in [-0.2, 0) is 25.9 Å². The molecule has 0 bridgehead atoms. The Morgan fingerprint density at radius 2 is 1.69 bits per heavy atom. The number of rotatable bonds is 13. The van der Waals surface area contributed by atoms with Gasteiger partial charge in [0.25, 0.3) is 5.91 Å². The highest BCUT2D eigenvalue weighted by atomic mass is 32.2. The Bertz CT molecular complexity index is 1370. The van der Waals surface area contributed by atoms with E-state index in [0.717, 1.165) is 5.56 Å². The zero-order valence-electron chi connectivity index (χ0n) is 21.7. The van der Waals surface area contributed by atoms with Crippen molar-refractivity contribution in [3.05, 3.63) is 96.1 Å². The van der Waals surface area contributed by atoms with Crippen molar-refractivity contribution < 1.29 is 27.8 Å². The third-order valence-electron chi connectivity index (χ3n) is 6.52. The van der Waals surface area contributed by atoms with Gasteiger partial charge in [-0.15, -0.1) is 0 Å². The first kappa shape index (κ1) is 28.3. The molecule has 0 saturated heterocycles. The summed E-state index contributed by atoms with van der Waals surface area (Å²) in [5, 5.41) is 8.93. The van der Waals surface area contributed by atoms with Gasteiger partial charge in [-0.3, -0.25) is 10.2 Å². The van der Waals surface area contributed by atoms with E-state index in [1.165, 1.54) is 12.1 Å². The summed E-state index contributed by atoms with van der Waals surface area (Å²) < 4.78 is 37.8. The van der Waals surface area contributed by atoms with Crippen LogP contribution in [0.4, 0.5) is 0 Å². The van der Waals surface area contributed by atoms with Gasteiger partial charge in [0, 0.05) is 25.1 Å². The minimum absolute atomic E-state index is 0.0466. The second kappa shape index (κ2) is 12.9. The predicted octanol–water partition coefficient (Wildman–Crippen LogP) is 3.04. The number of hydrogen-bond acceptors (Lipinski definition) is 8. The second-order valence-corrected chi connectivity index (χ2v) is 11.3. The van der Waals surface area contributed by atoms with E-state index in [2.05, 4.69) is 10.9 Å². The van der Waals surface area contributed by atoms with Crippen LogP contribution < -0.4 is 15.6 Å². The summed E-state index contributed by atoms with van der Waals surface area (Å²) in [7, 11) is -3.66.